The van der Waals surface area contributed by atoms with Crippen LogP contribution in [-0.4, -0.2) is 35.1 Å². The second-order valence-corrected chi connectivity index (χ2v) is 7.48. The molecule has 1 aliphatic heterocycles. The van der Waals surface area contributed by atoms with Gasteiger partial charge in [-0.05, 0) is 31.2 Å². The zero-order valence-electron chi connectivity index (χ0n) is 14.2. The van der Waals surface area contributed by atoms with Crippen LogP contribution in [0.5, 0.6) is 0 Å². The van der Waals surface area contributed by atoms with E-state index in [4.69, 9.17) is 0 Å². The van der Waals surface area contributed by atoms with E-state index in [1.807, 2.05) is 18.2 Å². The van der Waals surface area contributed by atoms with E-state index < -0.39 is 11.4 Å². The molecule has 2 fully saturated rings. The molecular formula is C19H26N2O3. The number of amides is 2. The van der Waals surface area contributed by atoms with Gasteiger partial charge in [-0.1, -0.05) is 49.6 Å². The van der Waals surface area contributed by atoms with Gasteiger partial charge in [0.2, 0.25) is 0 Å². The van der Waals surface area contributed by atoms with Gasteiger partial charge in [0, 0.05) is 13.1 Å². The molecular weight excluding hydrogens is 304 g/mol. The van der Waals surface area contributed by atoms with Gasteiger partial charge in [-0.2, -0.15) is 0 Å². The van der Waals surface area contributed by atoms with Crippen molar-refractivity contribution in [2.24, 2.45) is 11.3 Å². The van der Waals surface area contributed by atoms with E-state index in [2.05, 4.69) is 17.4 Å². The van der Waals surface area contributed by atoms with Crippen molar-refractivity contribution in [3.05, 3.63) is 35.9 Å². The quantitative estimate of drug-likeness (QED) is 0.869. The van der Waals surface area contributed by atoms with Gasteiger partial charge in [-0.3, -0.25) is 4.79 Å². The number of carbonyl (C=O) groups is 2. The summed E-state index contributed by atoms with van der Waals surface area (Å²) in [5, 5.41) is 12.5. The summed E-state index contributed by atoms with van der Waals surface area (Å²) >= 11 is 0. The van der Waals surface area contributed by atoms with E-state index in [-0.39, 0.29) is 18.6 Å². The zero-order chi connectivity index (χ0) is 17.2. The summed E-state index contributed by atoms with van der Waals surface area (Å²) < 4.78 is 0. The summed E-state index contributed by atoms with van der Waals surface area (Å²) in [4.78, 5) is 25.7. The number of nitrogens with one attached hydrogen (secondary N) is 1. The Morgan fingerprint density at radius 3 is 2.58 bits per heavy atom. The topological polar surface area (TPSA) is 69.6 Å². The van der Waals surface area contributed by atoms with Gasteiger partial charge in [0.05, 0.1) is 11.5 Å². The highest BCUT2D eigenvalue weighted by molar-refractivity contribution is 5.79. The summed E-state index contributed by atoms with van der Waals surface area (Å²) in [5.74, 6) is -0.148. The number of carboxylic acids is 1. The van der Waals surface area contributed by atoms with Crippen LogP contribution in [0.15, 0.2) is 30.3 Å². The number of nitrogens with zero attached hydrogens (tertiary/aromatic N) is 1. The van der Waals surface area contributed by atoms with Crippen molar-refractivity contribution in [3.8, 4) is 0 Å². The van der Waals surface area contributed by atoms with Crippen molar-refractivity contribution >= 4 is 12.0 Å². The smallest absolute Gasteiger partial charge is 0.317 e. The molecule has 0 bridgehead atoms. The third kappa shape index (κ3) is 3.55. The molecule has 5 heteroatoms. The Kier molecular flexibility index (Phi) is 4.78. The fourth-order valence-corrected chi connectivity index (χ4v) is 3.57. The summed E-state index contributed by atoms with van der Waals surface area (Å²) in [7, 11) is 0. The number of aliphatic carboxylic acids is 1. The van der Waals surface area contributed by atoms with Gasteiger partial charge in [0.25, 0.3) is 0 Å². The second kappa shape index (κ2) is 6.83. The molecule has 0 spiro atoms. The third-order valence-corrected chi connectivity index (χ3v) is 5.57. The molecule has 1 aromatic rings. The van der Waals surface area contributed by atoms with E-state index in [1.54, 1.807) is 11.8 Å². The van der Waals surface area contributed by atoms with Crippen LogP contribution in [0.1, 0.15) is 50.6 Å². The maximum atomic E-state index is 12.6. The van der Waals surface area contributed by atoms with Crippen molar-refractivity contribution in [1.29, 1.82) is 0 Å². The molecule has 2 unspecified atom stereocenters. The number of hydrogen-bond donors (Lipinski definition) is 2. The van der Waals surface area contributed by atoms with Crippen molar-refractivity contribution in [3.63, 3.8) is 0 Å². The van der Waals surface area contributed by atoms with Gasteiger partial charge in [-0.15, -0.1) is 0 Å². The first kappa shape index (κ1) is 16.8. The molecule has 24 heavy (non-hydrogen) atoms. The van der Waals surface area contributed by atoms with Gasteiger partial charge in [0.15, 0.2) is 0 Å². The van der Waals surface area contributed by atoms with Crippen molar-refractivity contribution in [2.75, 3.05) is 13.1 Å². The maximum Gasteiger partial charge on any atom is 0.317 e. The van der Waals surface area contributed by atoms with E-state index in [9.17, 15) is 14.7 Å². The van der Waals surface area contributed by atoms with Crippen molar-refractivity contribution < 1.29 is 14.7 Å². The number of hydrogen-bond acceptors (Lipinski definition) is 2. The number of carbonyl (C=O) groups excluding carboxylic acids is 1. The normalized spacial score (nSPS) is 25.1. The first-order valence-electron chi connectivity index (χ1n) is 8.82. The molecule has 1 heterocycles. The molecule has 3 rings (SSSR count). The van der Waals surface area contributed by atoms with Crippen molar-refractivity contribution in [1.82, 2.24) is 10.2 Å². The van der Waals surface area contributed by atoms with Crippen LogP contribution >= 0.6 is 0 Å². The Morgan fingerprint density at radius 2 is 2.04 bits per heavy atom. The van der Waals surface area contributed by atoms with E-state index in [0.29, 0.717) is 18.9 Å². The molecule has 2 aliphatic rings. The van der Waals surface area contributed by atoms with Crippen LogP contribution in [0.3, 0.4) is 0 Å². The number of benzene rings is 1. The molecule has 2 amide bonds. The Balaban J connectivity index is 1.66. The number of rotatable bonds is 5. The fourth-order valence-electron chi connectivity index (χ4n) is 3.57. The zero-order valence-corrected chi connectivity index (χ0v) is 14.2. The fraction of sp³-hybridized carbons (Fsp3) is 0.579. The number of carboxylic acid groups (broad SMARTS) is 1. The molecule has 0 radical (unpaired) electrons. The highest BCUT2D eigenvalue weighted by Gasteiger charge is 2.42. The maximum absolute atomic E-state index is 12.6. The molecule has 1 aromatic carbocycles. The van der Waals surface area contributed by atoms with Crippen LogP contribution < -0.4 is 5.32 Å². The summed E-state index contributed by atoms with van der Waals surface area (Å²) in [6, 6.07) is 9.92. The van der Waals surface area contributed by atoms with Crippen LogP contribution in [0.4, 0.5) is 4.79 Å². The molecule has 5 nitrogen and oxygen atoms in total. The van der Waals surface area contributed by atoms with E-state index >= 15 is 0 Å². The average Bonchev–Trinajstić information content (AvgIpc) is 2.94. The number of urea groups is 1. The highest BCUT2D eigenvalue weighted by Crippen LogP contribution is 2.35. The van der Waals surface area contributed by atoms with Crippen LogP contribution in [0.2, 0.25) is 0 Å². The highest BCUT2D eigenvalue weighted by atomic mass is 16.4. The van der Waals surface area contributed by atoms with Crippen LogP contribution in [0.25, 0.3) is 0 Å². The lowest BCUT2D eigenvalue weighted by Crippen LogP contribution is -2.43. The van der Waals surface area contributed by atoms with Crippen LogP contribution in [-0.2, 0) is 4.79 Å². The minimum Gasteiger partial charge on any atom is -0.481 e. The first-order chi connectivity index (χ1) is 11.5. The monoisotopic (exact) mass is 330 g/mol. The summed E-state index contributed by atoms with van der Waals surface area (Å²) in [6.07, 6.45) is 5.22. The third-order valence-electron chi connectivity index (χ3n) is 5.57. The lowest BCUT2D eigenvalue weighted by Gasteiger charge is -2.31. The van der Waals surface area contributed by atoms with E-state index in [0.717, 1.165) is 12.0 Å². The SMILES string of the molecule is CC1(C(=O)O)CCN(C(=O)NC(CC2CCC2)c2ccccc2)C1. The molecule has 0 aromatic heterocycles. The standard InChI is InChI=1S/C19H26N2O3/c1-19(17(22)23)10-11-21(13-19)18(24)20-16(12-14-6-5-7-14)15-8-3-2-4-9-15/h2-4,8-9,14,16H,5-7,10-13H2,1H3,(H,20,24)(H,22,23). The Hall–Kier alpha value is -2.04. The molecule has 1 saturated heterocycles. The Labute approximate surface area is 143 Å². The molecule has 130 valence electrons. The van der Waals surface area contributed by atoms with Gasteiger partial charge in [0.1, 0.15) is 0 Å². The summed E-state index contributed by atoms with van der Waals surface area (Å²) in [6.45, 7) is 2.49. The average molecular weight is 330 g/mol. The minimum absolute atomic E-state index is 0.000634. The van der Waals surface area contributed by atoms with Gasteiger partial charge in [-0.25, -0.2) is 4.79 Å². The first-order valence-corrected chi connectivity index (χ1v) is 8.82. The Bertz CT molecular complexity index is 600. The van der Waals surface area contributed by atoms with Crippen LogP contribution in [0, 0.1) is 11.3 Å². The predicted octanol–water partition coefficient (Wildman–Crippen LogP) is 3.42. The summed E-state index contributed by atoms with van der Waals surface area (Å²) in [5.41, 5.74) is 0.297. The van der Waals surface area contributed by atoms with Gasteiger partial charge >= 0.3 is 12.0 Å². The largest absolute Gasteiger partial charge is 0.481 e. The van der Waals surface area contributed by atoms with Gasteiger partial charge < -0.3 is 15.3 Å². The predicted molar refractivity (Wildman–Crippen MR) is 91.6 cm³/mol. The molecule has 2 atom stereocenters. The van der Waals surface area contributed by atoms with E-state index in [1.165, 1.54) is 19.3 Å². The van der Waals surface area contributed by atoms with Crippen molar-refractivity contribution in [2.45, 2.75) is 45.1 Å². The second-order valence-electron chi connectivity index (χ2n) is 7.48. The Morgan fingerprint density at radius 1 is 1.33 bits per heavy atom. The minimum atomic E-state index is -0.827. The number of likely N-dealkylation sites (tertiary alicyclic amines) is 1. The molecule has 2 N–H and O–H groups in total. The molecule has 1 saturated carbocycles. The lowest BCUT2D eigenvalue weighted by atomic mass is 9.79. The lowest BCUT2D eigenvalue weighted by molar-refractivity contribution is -0.147. The molecule has 1 aliphatic carbocycles.